The quantitative estimate of drug-likeness (QED) is 0.318. The first-order valence-electron chi connectivity index (χ1n) is 15.8. The number of phenolic OH excluding ortho intramolecular Hbond substituents is 1. The van der Waals surface area contributed by atoms with Crippen molar-refractivity contribution in [3.8, 4) is 41.2 Å². The van der Waals surface area contributed by atoms with Crippen molar-refractivity contribution in [3.05, 3.63) is 41.5 Å². The van der Waals surface area contributed by atoms with Crippen LogP contribution in [0.3, 0.4) is 0 Å². The number of nitrogens with one attached hydrogen (secondary N) is 1. The molecule has 12 heteroatoms. The minimum Gasteiger partial charge on any atom is -0.508 e. The van der Waals surface area contributed by atoms with Gasteiger partial charge in [-0.15, -0.1) is 6.42 Å². The molecular weight excluding hydrogens is 597 g/mol. The normalized spacial score (nSPS) is 28.2. The molecule has 2 aromatic carbocycles. The van der Waals surface area contributed by atoms with E-state index in [4.69, 9.17) is 20.9 Å². The molecule has 7 heterocycles. The van der Waals surface area contributed by atoms with Crippen molar-refractivity contribution in [1.82, 2.24) is 25.2 Å². The van der Waals surface area contributed by atoms with Gasteiger partial charge in [0, 0.05) is 42.5 Å². The van der Waals surface area contributed by atoms with Crippen LogP contribution in [0, 0.1) is 24.0 Å². The Hall–Kier alpha value is -4.34. The van der Waals surface area contributed by atoms with E-state index in [1.807, 2.05) is 0 Å². The molecule has 0 aliphatic carbocycles. The van der Waals surface area contributed by atoms with E-state index in [0.717, 1.165) is 32.2 Å². The lowest BCUT2D eigenvalue weighted by molar-refractivity contribution is 0.107. The van der Waals surface area contributed by atoms with Crippen LogP contribution in [0.4, 0.5) is 19.0 Å². The Morgan fingerprint density at radius 1 is 1.15 bits per heavy atom. The lowest BCUT2D eigenvalue weighted by atomic mass is 9.95. The first kappa shape index (κ1) is 27.9. The van der Waals surface area contributed by atoms with Crippen molar-refractivity contribution in [1.29, 1.82) is 0 Å². The van der Waals surface area contributed by atoms with Crippen LogP contribution in [-0.2, 0) is 0 Å². The maximum Gasteiger partial charge on any atom is 0.319 e. The van der Waals surface area contributed by atoms with Crippen LogP contribution < -0.4 is 19.7 Å². The molecule has 2 aromatic heterocycles. The number of halogens is 3. The molecule has 5 atom stereocenters. The molecule has 4 aromatic rings. The monoisotopic (exact) mass is 628 g/mol. The van der Waals surface area contributed by atoms with Crippen molar-refractivity contribution in [2.24, 2.45) is 0 Å². The number of ether oxygens (including phenoxy) is 2. The van der Waals surface area contributed by atoms with Crippen LogP contribution in [0.15, 0.2) is 24.3 Å². The van der Waals surface area contributed by atoms with Crippen molar-refractivity contribution < 1.29 is 27.8 Å². The molecule has 2 bridgehead atoms. The number of anilines is 1. The SMILES string of the molecule is C#Cc1c(F)ccc2cc(O)cc(-c3nc4c5c(nc(OC[C@@]67CCCN6C[C@@H](F)C7)nc5c3F)N3C[C@@H]5CC[C@@H](N5)C3CO4)c12. The molecule has 4 saturated heterocycles. The Balaban J connectivity index is 1.25. The topological polar surface area (TPSA) is 95.9 Å². The highest BCUT2D eigenvalue weighted by atomic mass is 19.1. The van der Waals surface area contributed by atoms with Gasteiger partial charge in [0.1, 0.15) is 53.4 Å². The Morgan fingerprint density at radius 2 is 2.04 bits per heavy atom. The molecule has 0 saturated carbocycles. The summed E-state index contributed by atoms with van der Waals surface area (Å²) in [6.45, 7) is 2.27. The third-order valence-corrected chi connectivity index (χ3v) is 10.6. The number of fused-ring (bicyclic) bond motifs is 7. The summed E-state index contributed by atoms with van der Waals surface area (Å²) in [6.07, 6.45) is 8.89. The zero-order chi connectivity index (χ0) is 31.3. The molecule has 4 fully saturated rings. The number of alkyl halides is 1. The maximum atomic E-state index is 17.0. The average molecular weight is 629 g/mol. The summed E-state index contributed by atoms with van der Waals surface area (Å²) in [5, 5.41) is 15.3. The number of phenols is 1. The van der Waals surface area contributed by atoms with Gasteiger partial charge in [0.25, 0.3) is 0 Å². The van der Waals surface area contributed by atoms with Gasteiger partial charge in [0.05, 0.1) is 17.1 Å². The molecular formula is C34H31F3N6O3. The fourth-order valence-corrected chi connectivity index (χ4v) is 8.56. The maximum absolute atomic E-state index is 17.0. The van der Waals surface area contributed by atoms with Gasteiger partial charge in [-0.05, 0) is 55.8 Å². The number of hydrogen-bond acceptors (Lipinski definition) is 9. The van der Waals surface area contributed by atoms with Gasteiger partial charge in [0.15, 0.2) is 5.82 Å². The highest BCUT2D eigenvalue weighted by Crippen LogP contribution is 2.45. The zero-order valence-electron chi connectivity index (χ0n) is 24.9. The molecule has 46 heavy (non-hydrogen) atoms. The van der Waals surface area contributed by atoms with Gasteiger partial charge in [-0.3, -0.25) is 4.90 Å². The third kappa shape index (κ3) is 4.07. The van der Waals surface area contributed by atoms with Crippen LogP contribution in [0.5, 0.6) is 17.6 Å². The lowest BCUT2D eigenvalue weighted by Gasteiger charge is -2.40. The summed E-state index contributed by atoms with van der Waals surface area (Å²) >= 11 is 0. The Labute approximate surface area is 262 Å². The molecule has 0 amide bonds. The van der Waals surface area contributed by atoms with Crippen LogP contribution in [-0.4, -0.2) is 87.6 Å². The molecule has 0 spiro atoms. The zero-order valence-corrected chi connectivity index (χ0v) is 24.9. The minimum atomic E-state index is -0.927. The number of benzene rings is 2. The summed E-state index contributed by atoms with van der Waals surface area (Å²) in [5.41, 5.74) is -0.688. The van der Waals surface area contributed by atoms with Crippen molar-refractivity contribution in [3.63, 3.8) is 0 Å². The van der Waals surface area contributed by atoms with Crippen molar-refractivity contribution in [2.45, 2.75) is 61.9 Å². The van der Waals surface area contributed by atoms with Gasteiger partial charge in [-0.1, -0.05) is 12.0 Å². The molecule has 0 radical (unpaired) electrons. The number of hydrogen-bond donors (Lipinski definition) is 2. The molecule has 1 unspecified atom stereocenters. The van der Waals surface area contributed by atoms with Gasteiger partial charge in [0.2, 0.25) is 5.88 Å². The lowest BCUT2D eigenvalue weighted by Crippen LogP contribution is -2.60. The average Bonchev–Trinajstić information content (AvgIpc) is 3.68. The third-order valence-electron chi connectivity index (χ3n) is 10.6. The predicted molar refractivity (Wildman–Crippen MR) is 165 cm³/mol. The first-order chi connectivity index (χ1) is 22.3. The minimum absolute atomic E-state index is 0.0179. The highest BCUT2D eigenvalue weighted by molar-refractivity contribution is 6.04. The number of piperazine rings is 1. The number of nitrogens with zero attached hydrogens (tertiary/aromatic N) is 5. The number of terminal acetylenes is 1. The number of aromatic hydroxyl groups is 1. The van der Waals surface area contributed by atoms with E-state index < -0.39 is 23.3 Å². The Kier molecular flexibility index (Phi) is 6.12. The van der Waals surface area contributed by atoms with Crippen LogP contribution in [0.1, 0.15) is 37.7 Å². The van der Waals surface area contributed by atoms with Gasteiger partial charge in [-0.2, -0.15) is 9.97 Å². The van der Waals surface area contributed by atoms with Crippen LogP contribution in [0.25, 0.3) is 32.9 Å². The van der Waals surface area contributed by atoms with E-state index in [9.17, 15) is 13.9 Å². The highest BCUT2D eigenvalue weighted by Gasteiger charge is 2.50. The smallest absolute Gasteiger partial charge is 0.319 e. The van der Waals surface area contributed by atoms with E-state index in [1.54, 1.807) is 0 Å². The second-order valence-corrected chi connectivity index (χ2v) is 13.2. The summed E-state index contributed by atoms with van der Waals surface area (Å²) in [6, 6.07) is 5.72. The summed E-state index contributed by atoms with van der Waals surface area (Å²) < 4.78 is 59.1. The summed E-state index contributed by atoms with van der Waals surface area (Å²) in [4.78, 5) is 18.4. The molecule has 5 aliphatic heterocycles. The second kappa shape index (κ2) is 10.1. The Morgan fingerprint density at radius 3 is 2.91 bits per heavy atom. The van der Waals surface area contributed by atoms with E-state index in [-0.39, 0.29) is 76.7 Å². The summed E-state index contributed by atoms with van der Waals surface area (Å²) in [5.74, 6) is 1.35. The van der Waals surface area contributed by atoms with E-state index >= 15 is 4.39 Å². The van der Waals surface area contributed by atoms with E-state index in [0.29, 0.717) is 36.1 Å². The van der Waals surface area contributed by atoms with Crippen molar-refractivity contribution in [2.75, 3.05) is 37.7 Å². The van der Waals surface area contributed by atoms with Gasteiger partial charge >= 0.3 is 6.01 Å². The standard InChI is InChI=1S/C34H31F3N6O3/c1-2-21-23(36)6-4-17-10-20(44)11-22(26(17)21)29-28(37)30-27-31(43-14-19-5-7-24(38-19)25(43)15-45-32(27)39-29)41-33(40-30)46-16-34-8-3-9-42(34)13-18(35)12-34/h1,4,6,10-11,18-19,24-25,38,44H,3,5,7-9,12-16H2/t18-,19-,24+,25?,34-/m0/s1. The molecule has 2 N–H and O–H groups in total. The Bertz CT molecular complexity index is 1990. The van der Waals surface area contributed by atoms with Gasteiger partial charge in [-0.25, -0.2) is 18.2 Å². The largest absolute Gasteiger partial charge is 0.508 e. The van der Waals surface area contributed by atoms with E-state index in [2.05, 4.69) is 31.0 Å². The first-order valence-corrected chi connectivity index (χ1v) is 15.8. The molecule has 9 rings (SSSR count). The fourth-order valence-electron chi connectivity index (χ4n) is 8.56. The van der Waals surface area contributed by atoms with Crippen LogP contribution >= 0.6 is 0 Å². The number of pyridine rings is 1. The molecule has 9 nitrogen and oxygen atoms in total. The summed E-state index contributed by atoms with van der Waals surface area (Å²) in [7, 11) is 0. The van der Waals surface area contributed by atoms with E-state index in [1.165, 1.54) is 24.3 Å². The van der Waals surface area contributed by atoms with Crippen molar-refractivity contribution >= 4 is 27.5 Å². The predicted octanol–water partition coefficient (Wildman–Crippen LogP) is 4.47. The number of aromatic nitrogens is 3. The van der Waals surface area contributed by atoms with Crippen LogP contribution in [0.2, 0.25) is 0 Å². The fraction of sp³-hybridized carbons (Fsp3) is 0.441. The molecule has 236 valence electrons. The second-order valence-electron chi connectivity index (χ2n) is 13.2. The van der Waals surface area contributed by atoms with Gasteiger partial charge < -0.3 is 24.8 Å². The molecule has 5 aliphatic rings. The number of rotatable bonds is 4.